The number of rotatable bonds is 4. The van der Waals surface area contributed by atoms with E-state index in [1.165, 1.54) is 11.0 Å². The lowest BCUT2D eigenvalue weighted by molar-refractivity contribution is -0.140. The number of alkyl halides is 3. The summed E-state index contributed by atoms with van der Waals surface area (Å²) < 4.78 is 63.2. The lowest BCUT2D eigenvalue weighted by Gasteiger charge is -2.39. The van der Waals surface area contributed by atoms with Gasteiger partial charge in [-0.1, -0.05) is 6.07 Å². The molecule has 0 spiro atoms. The summed E-state index contributed by atoms with van der Waals surface area (Å²) in [6, 6.07) is 1.92. The molecule has 0 aromatic heterocycles. The van der Waals surface area contributed by atoms with Gasteiger partial charge in [0.1, 0.15) is 5.82 Å². The van der Waals surface area contributed by atoms with Crippen LogP contribution in [0.2, 0.25) is 0 Å². The first-order valence-electron chi connectivity index (χ1n) is 8.90. The number of carboxylic acid groups (broad SMARTS) is 1. The lowest BCUT2D eigenvalue weighted by atomic mass is 9.99. The monoisotopic (exact) mass is 420 g/mol. The van der Waals surface area contributed by atoms with Gasteiger partial charge in [0.2, 0.25) is 0 Å². The van der Waals surface area contributed by atoms with Crippen LogP contribution in [0.25, 0.3) is 0 Å². The van der Waals surface area contributed by atoms with Crippen LogP contribution in [0, 0.1) is 5.82 Å². The Hall–Kier alpha value is -2.56. The van der Waals surface area contributed by atoms with Gasteiger partial charge in [0.25, 0.3) is 0 Å². The number of benzene rings is 1. The van der Waals surface area contributed by atoms with Crippen molar-refractivity contribution in [3.05, 3.63) is 35.1 Å². The Morgan fingerprint density at radius 2 is 2.07 bits per heavy atom. The van der Waals surface area contributed by atoms with E-state index in [-0.39, 0.29) is 31.9 Å². The van der Waals surface area contributed by atoms with E-state index in [0.717, 1.165) is 18.1 Å². The van der Waals surface area contributed by atoms with Gasteiger partial charge in [-0.15, -0.1) is 0 Å². The maximum atomic E-state index is 13.7. The number of morpholine rings is 1. The van der Waals surface area contributed by atoms with Crippen molar-refractivity contribution in [3.63, 3.8) is 0 Å². The van der Waals surface area contributed by atoms with Crippen molar-refractivity contribution in [2.75, 3.05) is 33.4 Å². The third-order valence-corrected chi connectivity index (χ3v) is 5.31. The summed E-state index contributed by atoms with van der Waals surface area (Å²) in [4.78, 5) is 26.3. The van der Waals surface area contributed by atoms with Gasteiger partial charge in [0.15, 0.2) is 0 Å². The molecule has 1 saturated carbocycles. The number of amides is 2. The van der Waals surface area contributed by atoms with Crippen molar-refractivity contribution >= 4 is 12.2 Å². The number of nitrogens with zero attached hydrogens (tertiary/aromatic N) is 2. The Morgan fingerprint density at radius 1 is 1.38 bits per heavy atom. The average Bonchev–Trinajstić information content (AvgIpc) is 3.46. The largest absolute Gasteiger partial charge is 0.465 e. The highest BCUT2D eigenvalue weighted by Crippen LogP contribution is 2.52. The van der Waals surface area contributed by atoms with E-state index in [9.17, 15) is 32.3 Å². The van der Waals surface area contributed by atoms with Gasteiger partial charge in [-0.2, -0.15) is 13.2 Å². The third-order valence-electron chi connectivity index (χ3n) is 5.31. The summed E-state index contributed by atoms with van der Waals surface area (Å²) in [6.07, 6.45) is -6.20. The number of hydrogen-bond donors (Lipinski definition) is 1. The second-order valence-electron chi connectivity index (χ2n) is 7.01. The van der Waals surface area contributed by atoms with Crippen molar-refractivity contribution in [2.24, 2.45) is 0 Å². The molecule has 2 aliphatic rings. The van der Waals surface area contributed by atoms with Crippen molar-refractivity contribution in [1.82, 2.24) is 9.80 Å². The van der Waals surface area contributed by atoms with Gasteiger partial charge >= 0.3 is 18.4 Å². The Kier molecular flexibility index (Phi) is 5.61. The fourth-order valence-electron chi connectivity index (χ4n) is 3.67. The highest BCUT2D eigenvalue weighted by atomic mass is 19.4. The first-order valence-corrected chi connectivity index (χ1v) is 8.90. The summed E-state index contributed by atoms with van der Waals surface area (Å²) in [6.45, 7) is 0.223. The molecule has 1 saturated heterocycles. The lowest BCUT2D eigenvalue weighted by Crippen LogP contribution is -2.56. The van der Waals surface area contributed by atoms with Crippen LogP contribution in [-0.4, -0.2) is 66.5 Å². The van der Waals surface area contributed by atoms with E-state index in [4.69, 9.17) is 9.47 Å². The molecule has 1 aromatic carbocycles. The van der Waals surface area contributed by atoms with Crippen molar-refractivity contribution in [1.29, 1.82) is 0 Å². The highest BCUT2D eigenvalue weighted by Gasteiger charge is 2.54. The third kappa shape index (κ3) is 4.09. The highest BCUT2D eigenvalue weighted by molar-refractivity contribution is 5.70. The predicted octanol–water partition coefficient (Wildman–Crippen LogP) is 3.28. The van der Waals surface area contributed by atoms with Crippen LogP contribution >= 0.6 is 0 Å². The van der Waals surface area contributed by atoms with Gasteiger partial charge < -0.3 is 14.6 Å². The van der Waals surface area contributed by atoms with Crippen molar-refractivity contribution in [2.45, 2.75) is 30.6 Å². The number of hydrogen-bond acceptors (Lipinski definition) is 4. The maximum absolute atomic E-state index is 13.7. The number of methoxy groups -OCH3 is 1. The normalized spacial score (nSPS) is 20.9. The molecule has 2 amide bonds. The Morgan fingerprint density at radius 3 is 2.62 bits per heavy atom. The second-order valence-corrected chi connectivity index (χ2v) is 7.01. The molecule has 160 valence electrons. The molecule has 1 aliphatic carbocycles. The van der Waals surface area contributed by atoms with E-state index >= 15 is 0 Å². The molecule has 1 aliphatic heterocycles. The topological polar surface area (TPSA) is 79.3 Å². The second kappa shape index (κ2) is 7.69. The number of carbonyl (C=O) groups is 2. The first-order chi connectivity index (χ1) is 13.6. The van der Waals surface area contributed by atoms with Gasteiger partial charge in [-0.3, -0.25) is 9.80 Å². The molecule has 0 unspecified atom stereocenters. The number of carbonyl (C=O) groups excluding carboxylic acids is 1. The van der Waals surface area contributed by atoms with Crippen LogP contribution < -0.4 is 0 Å². The molecule has 0 radical (unpaired) electrons. The summed E-state index contributed by atoms with van der Waals surface area (Å²) in [5, 5.41) is 9.38. The quantitative estimate of drug-likeness (QED) is 0.757. The van der Waals surface area contributed by atoms with Gasteiger partial charge in [-0.25, -0.2) is 14.0 Å². The Labute approximate surface area is 163 Å². The van der Waals surface area contributed by atoms with E-state index in [1.54, 1.807) is 0 Å². The fourth-order valence-corrected chi connectivity index (χ4v) is 3.67. The van der Waals surface area contributed by atoms with Gasteiger partial charge in [0.05, 0.1) is 37.5 Å². The molecular weight excluding hydrogens is 400 g/mol. The fraction of sp³-hybridized carbons (Fsp3) is 0.556. The Bertz CT molecular complexity index is 797. The van der Waals surface area contributed by atoms with E-state index in [2.05, 4.69) is 0 Å². The molecule has 1 heterocycles. The molecule has 3 rings (SSSR count). The van der Waals surface area contributed by atoms with Crippen molar-refractivity contribution < 1.29 is 41.7 Å². The van der Waals surface area contributed by atoms with Crippen LogP contribution in [0.15, 0.2) is 18.2 Å². The molecule has 7 nitrogen and oxygen atoms in total. The van der Waals surface area contributed by atoms with E-state index < -0.39 is 41.3 Å². The van der Waals surface area contributed by atoms with Crippen LogP contribution in [0.1, 0.15) is 24.0 Å². The maximum Gasteiger partial charge on any atom is 0.419 e. The number of halogens is 4. The van der Waals surface area contributed by atoms with Crippen LogP contribution in [0.4, 0.5) is 27.2 Å². The molecule has 0 bridgehead atoms. The standard InChI is InChI=1S/C18H20F4N2O5/c1-28-16(27)24(9-12-10-29-7-6-23(12)15(25)26)17(4-5-17)11-2-3-14(19)13(8-11)18(20,21)22/h2-3,8,12H,4-7,9-10H2,1H3,(H,25,26)/t12-/m1/s1. The summed E-state index contributed by atoms with van der Waals surface area (Å²) in [5.41, 5.74) is -2.42. The minimum absolute atomic E-state index is 0.0348. The van der Waals surface area contributed by atoms with E-state index in [0.29, 0.717) is 18.9 Å². The SMILES string of the molecule is COC(=O)N(C[C@@H]1COCCN1C(=O)O)C1(c2ccc(F)c(C(F)(F)F)c2)CC1. The van der Waals surface area contributed by atoms with E-state index in [1.807, 2.05) is 0 Å². The molecular formula is C18H20F4N2O5. The van der Waals surface area contributed by atoms with Crippen LogP contribution in [0.5, 0.6) is 0 Å². The minimum atomic E-state index is -4.89. The predicted molar refractivity (Wildman–Crippen MR) is 90.8 cm³/mol. The molecule has 1 aromatic rings. The molecule has 29 heavy (non-hydrogen) atoms. The number of ether oxygens (including phenoxy) is 2. The minimum Gasteiger partial charge on any atom is -0.465 e. The van der Waals surface area contributed by atoms with Crippen LogP contribution in [-0.2, 0) is 21.2 Å². The van der Waals surface area contributed by atoms with Crippen LogP contribution in [0.3, 0.4) is 0 Å². The summed E-state index contributed by atoms with van der Waals surface area (Å²) in [7, 11) is 1.13. The average molecular weight is 420 g/mol. The zero-order valence-corrected chi connectivity index (χ0v) is 15.5. The molecule has 2 fully saturated rings. The Balaban J connectivity index is 1.95. The molecule has 1 N–H and O–H groups in total. The first kappa shape index (κ1) is 21.2. The molecule has 11 heteroatoms. The zero-order valence-electron chi connectivity index (χ0n) is 15.5. The van der Waals surface area contributed by atoms with Gasteiger partial charge in [0, 0.05) is 13.1 Å². The zero-order chi connectivity index (χ0) is 21.4. The van der Waals surface area contributed by atoms with Crippen molar-refractivity contribution in [3.8, 4) is 0 Å². The summed E-state index contributed by atoms with van der Waals surface area (Å²) in [5.74, 6) is -1.40. The summed E-state index contributed by atoms with van der Waals surface area (Å²) >= 11 is 0. The van der Waals surface area contributed by atoms with Gasteiger partial charge in [-0.05, 0) is 30.5 Å². The molecule has 1 atom stereocenters. The smallest absolute Gasteiger partial charge is 0.419 e.